The Morgan fingerprint density at radius 3 is 2.54 bits per heavy atom. The Hall–Kier alpha value is -2.52. The van der Waals surface area contributed by atoms with Gasteiger partial charge >= 0.3 is 0 Å². The first-order chi connectivity index (χ1) is 11.5. The van der Waals surface area contributed by atoms with E-state index in [0.717, 1.165) is 5.75 Å². The summed E-state index contributed by atoms with van der Waals surface area (Å²) >= 11 is 0. The number of nitriles is 1. The maximum atomic E-state index is 9.34. The fraction of sp³-hybridized carbons (Fsp3) is 0.444. The average molecular weight is 327 g/mol. The van der Waals surface area contributed by atoms with Crippen LogP contribution in [0, 0.1) is 18.3 Å². The minimum absolute atomic E-state index is 0.0812. The minimum atomic E-state index is 0.0812. The summed E-state index contributed by atoms with van der Waals surface area (Å²) in [5, 5.41) is 9.34. The van der Waals surface area contributed by atoms with Crippen molar-refractivity contribution in [1.82, 2.24) is 4.98 Å². The van der Waals surface area contributed by atoms with Gasteiger partial charge in [0.1, 0.15) is 11.8 Å². The zero-order valence-electron chi connectivity index (χ0n) is 14.2. The highest BCUT2D eigenvalue weighted by Gasteiger charge is 2.27. The molecule has 0 bridgehead atoms. The summed E-state index contributed by atoms with van der Waals surface area (Å²) < 4.78 is 17.2. The Balaban J connectivity index is 1.73. The third-order valence-corrected chi connectivity index (χ3v) is 3.85. The summed E-state index contributed by atoms with van der Waals surface area (Å²) in [6.45, 7) is 7.57. The molecular weight excluding hydrogens is 306 g/mol. The molecule has 0 spiro atoms. The smallest absolute Gasteiger partial charge is 0.236 e. The molecule has 126 valence electrons. The van der Waals surface area contributed by atoms with Gasteiger partial charge in [-0.2, -0.15) is 10.2 Å². The molecule has 2 heterocycles. The number of hydrogen-bond acceptors (Lipinski definition) is 6. The predicted molar refractivity (Wildman–Crippen MR) is 89.0 cm³/mol. The molecule has 1 fully saturated rings. The lowest BCUT2D eigenvalue weighted by Gasteiger charge is -2.34. The molecule has 3 rings (SSSR count). The second-order valence-corrected chi connectivity index (χ2v) is 6.14. The number of rotatable bonds is 4. The molecular formula is C18H21N3O3. The van der Waals surface area contributed by atoms with Gasteiger partial charge in [0.25, 0.3) is 0 Å². The summed E-state index contributed by atoms with van der Waals surface area (Å²) in [5.74, 6) is 1.64. The van der Waals surface area contributed by atoms with Crippen molar-refractivity contribution in [2.75, 3.05) is 18.0 Å². The molecule has 0 amide bonds. The van der Waals surface area contributed by atoms with Gasteiger partial charge in [-0.05, 0) is 32.9 Å². The predicted octanol–water partition coefficient (Wildman–Crippen LogP) is 3.05. The zero-order chi connectivity index (χ0) is 17.1. The molecule has 1 aliphatic rings. The molecule has 0 radical (unpaired) electrons. The van der Waals surface area contributed by atoms with Crippen LogP contribution in [0.2, 0.25) is 0 Å². The van der Waals surface area contributed by atoms with Gasteiger partial charge < -0.3 is 18.8 Å². The lowest BCUT2D eigenvalue weighted by atomic mass is 10.2. The van der Waals surface area contributed by atoms with Gasteiger partial charge in [0.05, 0.1) is 12.2 Å². The second-order valence-electron chi connectivity index (χ2n) is 6.14. The number of ether oxygens (including phenoxy) is 2. The van der Waals surface area contributed by atoms with Crippen molar-refractivity contribution in [2.24, 2.45) is 0 Å². The van der Waals surface area contributed by atoms with Crippen molar-refractivity contribution in [3.63, 3.8) is 0 Å². The van der Waals surface area contributed by atoms with E-state index in [1.165, 1.54) is 5.56 Å². The number of nitrogens with zero attached hydrogens (tertiary/aromatic N) is 3. The highest BCUT2D eigenvalue weighted by atomic mass is 16.5. The zero-order valence-corrected chi connectivity index (χ0v) is 14.2. The fourth-order valence-corrected chi connectivity index (χ4v) is 2.83. The van der Waals surface area contributed by atoms with Crippen LogP contribution in [0.15, 0.2) is 28.7 Å². The van der Waals surface area contributed by atoms with Crippen LogP contribution in [-0.2, 0) is 11.3 Å². The number of morpholine rings is 1. The first kappa shape index (κ1) is 16.3. The van der Waals surface area contributed by atoms with Crippen LogP contribution < -0.4 is 9.64 Å². The molecule has 1 saturated heterocycles. The van der Waals surface area contributed by atoms with Crippen LogP contribution in [0.5, 0.6) is 5.75 Å². The molecule has 0 N–H and O–H groups in total. The first-order valence-electron chi connectivity index (χ1n) is 8.05. The Morgan fingerprint density at radius 1 is 1.25 bits per heavy atom. The van der Waals surface area contributed by atoms with E-state index in [2.05, 4.69) is 11.1 Å². The van der Waals surface area contributed by atoms with Crippen molar-refractivity contribution in [3.05, 3.63) is 41.4 Å². The quantitative estimate of drug-likeness (QED) is 0.859. The summed E-state index contributed by atoms with van der Waals surface area (Å²) in [6.07, 6.45) is 0.162. The highest BCUT2D eigenvalue weighted by molar-refractivity contribution is 5.48. The molecule has 0 saturated carbocycles. The maximum Gasteiger partial charge on any atom is 0.236 e. The van der Waals surface area contributed by atoms with E-state index < -0.39 is 0 Å². The number of anilines is 1. The van der Waals surface area contributed by atoms with Gasteiger partial charge in [-0.25, -0.2) is 0 Å². The van der Waals surface area contributed by atoms with Crippen LogP contribution in [0.1, 0.15) is 31.0 Å². The summed E-state index contributed by atoms with van der Waals surface area (Å²) in [4.78, 5) is 6.26. The van der Waals surface area contributed by atoms with E-state index in [0.29, 0.717) is 30.6 Å². The van der Waals surface area contributed by atoms with Crippen molar-refractivity contribution in [1.29, 1.82) is 5.26 Å². The Bertz CT molecular complexity index is 723. The minimum Gasteiger partial charge on any atom is -0.484 e. The molecule has 2 atom stereocenters. The Labute approximate surface area is 141 Å². The van der Waals surface area contributed by atoms with E-state index in [9.17, 15) is 5.26 Å². The molecule has 2 aromatic rings. The number of aromatic nitrogens is 1. The molecule has 6 heteroatoms. The monoisotopic (exact) mass is 327 g/mol. The van der Waals surface area contributed by atoms with Crippen LogP contribution in [0.4, 0.5) is 5.88 Å². The SMILES string of the molecule is Cc1ccc(OCc2nc(C#N)c(N3C[C@H](C)O[C@@H](C)C3)o2)cc1. The van der Waals surface area contributed by atoms with Crippen LogP contribution >= 0.6 is 0 Å². The van der Waals surface area contributed by atoms with Crippen molar-refractivity contribution >= 4 is 5.88 Å². The summed E-state index contributed by atoms with van der Waals surface area (Å²) in [5.41, 5.74) is 1.46. The maximum absolute atomic E-state index is 9.34. The Morgan fingerprint density at radius 2 is 1.92 bits per heavy atom. The van der Waals surface area contributed by atoms with Crippen molar-refractivity contribution in [2.45, 2.75) is 39.6 Å². The molecule has 1 aromatic heterocycles. The summed E-state index contributed by atoms with van der Waals surface area (Å²) in [7, 11) is 0. The van der Waals surface area contributed by atoms with Crippen molar-refractivity contribution in [3.8, 4) is 11.8 Å². The number of hydrogen-bond donors (Lipinski definition) is 0. The Kier molecular flexibility index (Phi) is 4.72. The van der Waals surface area contributed by atoms with Gasteiger partial charge in [0.2, 0.25) is 17.5 Å². The topological polar surface area (TPSA) is 71.5 Å². The summed E-state index contributed by atoms with van der Waals surface area (Å²) in [6, 6.07) is 9.86. The molecule has 0 aliphatic carbocycles. The van der Waals surface area contributed by atoms with Crippen LogP contribution in [0.3, 0.4) is 0 Å². The van der Waals surface area contributed by atoms with E-state index in [4.69, 9.17) is 13.9 Å². The van der Waals surface area contributed by atoms with Crippen LogP contribution in [0.25, 0.3) is 0 Å². The highest BCUT2D eigenvalue weighted by Crippen LogP contribution is 2.26. The lowest BCUT2D eigenvalue weighted by Crippen LogP contribution is -2.45. The van der Waals surface area contributed by atoms with Gasteiger partial charge in [-0.3, -0.25) is 0 Å². The molecule has 1 aromatic carbocycles. The lowest BCUT2D eigenvalue weighted by molar-refractivity contribution is -0.00651. The molecule has 1 aliphatic heterocycles. The molecule has 24 heavy (non-hydrogen) atoms. The van der Waals surface area contributed by atoms with E-state index >= 15 is 0 Å². The van der Waals surface area contributed by atoms with Crippen molar-refractivity contribution < 1.29 is 13.9 Å². The average Bonchev–Trinajstić information content (AvgIpc) is 2.97. The van der Waals surface area contributed by atoms with E-state index in [1.54, 1.807) is 0 Å². The second kappa shape index (κ2) is 6.93. The third-order valence-electron chi connectivity index (χ3n) is 3.85. The number of aryl methyl sites for hydroxylation is 1. The number of benzene rings is 1. The molecule has 0 unspecified atom stereocenters. The number of oxazole rings is 1. The molecule has 6 nitrogen and oxygen atoms in total. The normalized spacial score (nSPS) is 20.7. The van der Waals surface area contributed by atoms with Gasteiger partial charge in [0, 0.05) is 13.1 Å². The first-order valence-corrected chi connectivity index (χ1v) is 8.05. The van der Waals surface area contributed by atoms with E-state index in [-0.39, 0.29) is 18.8 Å². The third kappa shape index (κ3) is 3.69. The largest absolute Gasteiger partial charge is 0.484 e. The standard InChI is InChI=1S/C18H21N3O3/c1-12-4-6-15(7-5-12)22-11-17-20-16(8-19)18(24-17)21-9-13(2)23-14(3)10-21/h4-7,13-14H,9-11H2,1-3H3/t13-,14-/m0/s1. The van der Waals surface area contributed by atoms with Gasteiger partial charge in [-0.1, -0.05) is 17.7 Å². The van der Waals surface area contributed by atoms with Gasteiger partial charge in [0.15, 0.2) is 6.61 Å². The fourth-order valence-electron chi connectivity index (χ4n) is 2.83. The van der Waals surface area contributed by atoms with Gasteiger partial charge in [-0.15, -0.1) is 0 Å². The van der Waals surface area contributed by atoms with Crippen LogP contribution in [-0.4, -0.2) is 30.3 Å². The van der Waals surface area contributed by atoms with E-state index in [1.807, 2.05) is 49.9 Å².